The molecule has 3 N–H and O–H groups in total. The van der Waals surface area contributed by atoms with Crippen LogP contribution in [0.25, 0.3) is 0 Å². The third-order valence-electron chi connectivity index (χ3n) is 3.88. The Hall–Kier alpha value is -1.82. The first-order chi connectivity index (χ1) is 9.13. The molecule has 1 heterocycles. The highest BCUT2D eigenvalue weighted by atomic mass is 16.6. The number of nitrogen functional groups attached to an aromatic ring is 1. The third-order valence-corrected chi connectivity index (χ3v) is 3.88. The van der Waals surface area contributed by atoms with Gasteiger partial charge in [-0.05, 0) is 31.4 Å². The van der Waals surface area contributed by atoms with E-state index in [1.165, 1.54) is 18.9 Å². The summed E-state index contributed by atoms with van der Waals surface area (Å²) in [4.78, 5) is 12.8. The van der Waals surface area contributed by atoms with Crippen LogP contribution in [0.3, 0.4) is 0 Å². The van der Waals surface area contributed by atoms with Crippen LogP contribution in [0.2, 0.25) is 0 Å². The number of nitrogens with two attached hydrogens (primary N) is 1. The first-order valence-electron chi connectivity index (χ1n) is 6.68. The Morgan fingerprint density at radius 1 is 1.37 bits per heavy atom. The maximum absolute atomic E-state index is 10.7. The normalized spacial score (nSPS) is 23.5. The Morgan fingerprint density at radius 2 is 2.16 bits per heavy atom. The van der Waals surface area contributed by atoms with Crippen molar-refractivity contribution in [1.82, 2.24) is 4.90 Å². The second kappa shape index (κ2) is 4.70. The molecule has 2 fully saturated rings. The van der Waals surface area contributed by atoms with Crippen LogP contribution < -0.4 is 11.1 Å². The summed E-state index contributed by atoms with van der Waals surface area (Å²) < 4.78 is 0. The van der Waals surface area contributed by atoms with E-state index < -0.39 is 4.92 Å². The van der Waals surface area contributed by atoms with Crippen molar-refractivity contribution in [3.8, 4) is 0 Å². The van der Waals surface area contributed by atoms with E-state index in [9.17, 15) is 10.1 Å². The van der Waals surface area contributed by atoms with Crippen molar-refractivity contribution in [1.29, 1.82) is 0 Å². The number of nitrogens with one attached hydrogen (secondary N) is 1. The number of rotatable bonds is 4. The molecule has 1 aromatic rings. The molecule has 102 valence electrons. The van der Waals surface area contributed by atoms with Crippen molar-refractivity contribution >= 4 is 17.1 Å². The second-order valence-corrected chi connectivity index (χ2v) is 5.39. The van der Waals surface area contributed by atoms with Gasteiger partial charge < -0.3 is 11.1 Å². The van der Waals surface area contributed by atoms with Crippen LogP contribution in [0, 0.1) is 10.1 Å². The summed E-state index contributed by atoms with van der Waals surface area (Å²) >= 11 is 0. The minimum atomic E-state index is -0.455. The number of anilines is 2. The lowest BCUT2D eigenvalue weighted by Gasteiger charge is -2.16. The lowest BCUT2D eigenvalue weighted by Crippen LogP contribution is -2.27. The predicted octanol–water partition coefficient (Wildman–Crippen LogP) is 1.83. The largest absolute Gasteiger partial charge is 0.393 e. The lowest BCUT2D eigenvalue weighted by molar-refractivity contribution is -0.383. The number of nitro groups is 1. The summed E-state index contributed by atoms with van der Waals surface area (Å²) in [6.07, 6.45) is 3.78. The number of likely N-dealkylation sites (tertiary alicyclic amines) is 1. The Morgan fingerprint density at radius 3 is 2.79 bits per heavy atom. The number of hydrogen-bond donors (Lipinski definition) is 2. The molecule has 2 aliphatic rings. The van der Waals surface area contributed by atoms with Gasteiger partial charge in [0.2, 0.25) is 0 Å². The highest BCUT2D eigenvalue weighted by Gasteiger charge is 2.34. The quantitative estimate of drug-likeness (QED) is 0.491. The Balaban J connectivity index is 1.63. The molecule has 19 heavy (non-hydrogen) atoms. The first-order valence-corrected chi connectivity index (χ1v) is 6.68. The number of benzene rings is 1. The Kier molecular flexibility index (Phi) is 3.02. The van der Waals surface area contributed by atoms with Gasteiger partial charge in [-0.25, -0.2) is 0 Å². The van der Waals surface area contributed by atoms with E-state index in [4.69, 9.17) is 5.73 Å². The Bertz CT molecular complexity index is 501. The van der Waals surface area contributed by atoms with Crippen molar-refractivity contribution in [2.45, 2.75) is 31.3 Å². The van der Waals surface area contributed by atoms with Crippen molar-refractivity contribution < 1.29 is 4.92 Å². The Labute approximate surface area is 111 Å². The van der Waals surface area contributed by atoms with E-state index in [0.29, 0.717) is 6.04 Å². The van der Waals surface area contributed by atoms with Crippen LogP contribution in [0.15, 0.2) is 18.2 Å². The molecule has 3 rings (SSSR count). The third kappa shape index (κ3) is 2.63. The maximum atomic E-state index is 10.7. The van der Waals surface area contributed by atoms with Gasteiger partial charge in [-0.2, -0.15) is 0 Å². The molecule has 1 aliphatic heterocycles. The summed E-state index contributed by atoms with van der Waals surface area (Å²) in [6.45, 7) is 2.20. The van der Waals surface area contributed by atoms with Crippen LogP contribution in [0.5, 0.6) is 0 Å². The molecule has 1 saturated heterocycles. The minimum absolute atomic E-state index is 0.0309. The van der Waals surface area contributed by atoms with Crippen molar-refractivity contribution in [2.75, 3.05) is 24.1 Å². The van der Waals surface area contributed by atoms with Crippen molar-refractivity contribution in [2.24, 2.45) is 0 Å². The molecule has 1 unspecified atom stereocenters. The summed E-state index contributed by atoms with van der Waals surface area (Å²) in [5.74, 6) is 0. The molecule has 1 aromatic carbocycles. The maximum Gasteiger partial charge on any atom is 0.292 e. The van der Waals surface area contributed by atoms with Gasteiger partial charge in [0.15, 0.2) is 0 Å². The van der Waals surface area contributed by atoms with Crippen LogP contribution in [0.4, 0.5) is 17.1 Å². The van der Waals surface area contributed by atoms with E-state index in [2.05, 4.69) is 10.2 Å². The van der Waals surface area contributed by atoms with E-state index in [0.717, 1.165) is 31.2 Å². The molecule has 0 aromatic heterocycles. The van der Waals surface area contributed by atoms with Crippen LogP contribution >= 0.6 is 0 Å². The van der Waals surface area contributed by atoms with Gasteiger partial charge in [0, 0.05) is 36.9 Å². The average Bonchev–Trinajstić information content (AvgIpc) is 3.10. The fourth-order valence-corrected chi connectivity index (χ4v) is 2.72. The minimum Gasteiger partial charge on any atom is -0.393 e. The molecule has 6 heteroatoms. The molecule has 0 bridgehead atoms. The van der Waals surface area contributed by atoms with Crippen LogP contribution in [0.1, 0.15) is 19.3 Å². The SMILES string of the molecule is Nc1cc(NC2CCN(C3CC3)C2)ccc1[N+](=O)[O-]. The van der Waals surface area contributed by atoms with E-state index in [1.807, 2.05) is 0 Å². The fraction of sp³-hybridized carbons (Fsp3) is 0.538. The van der Waals surface area contributed by atoms with Crippen molar-refractivity contribution in [3.05, 3.63) is 28.3 Å². The van der Waals surface area contributed by atoms with Gasteiger partial charge in [-0.3, -0.25) is 15.0 Å². The van der Waals surface area contributed by atoms with E-state index in [-0.39, 0.29) is 11.4 Å². The van der Waals surface area contributed by atoms with Gasteiger partial charge >= 0.3 is 0 Å². The number of nitrogens with zero attached hydrogens (tertiary/aromatic N) is 2. The predicted molar refractivity (Wildman–Crippen MR) is 74.1 cm³/mol. The van der Waals surface area contributed by atoms with Gasteiger partial charge in [0.25, 0.3) is 5.69 Å². The molecular weight excluding hydrogens is 244 g/mol. The van der Waals surface area contributed by atoms with Gasteiger partial charge in [0.05, 0.1) is 4.92 Å². The molecule has 0 amide bonds. The zero-order chi connectivity index (χ0) is 13.4. The van der Waals surface area contributed by atoms with E-state index >= 15 is 0 Å². The van der Waals surface area contributed by atoms with Crippen LogP contribution in [-0.4, -0.2) is 35.0 Å². The van der Waals surface area contributed by atoms with Crippen molar-refractivity contribution in [3.63, 3.8) is 0 Å². The summed E-state index contributed by atoms with van der Waals surface area (Å²) in [6, 6.07) is 6.06. The highest BCUT2D eigenvalue weighted by Crippen LogP contribution is 2.31. The lowest BCUT2D eigenvalue weighted by atomic mass is 10.2. The molecule has 0 radical (unpaired) electrons. The summed E-state index contributed by atoms with van der Waals surface area (Å²) in [7, 11) is 0. The molecule has 0 spiro atoms. The standard InChI is InChI=1S/C13H18N4O2/c14-12-7-9(1-4-13(12)17(18)19)15-10-5-6-16(8-10)11-2-3-11/h1,4,7,10-11,15H,2-3,5-6,8,14H2. The number of nitro benzene ring substituents is 1. The monoisotopic (exact) mass is 262 g/mol. The molecular formula is C13H18N4O2. The smallest absolute Gasteiger partial charge is 0.292 e. The van der Waals surface area contributed by atoms with Gasteiger partial charge in [-0.15, -0.1) is 0 Å². The summed E-state index contributed by atoms with van der Waals surface area (Å²) in [5, 5.41) is 14.1. The summed E-state index contributed by atoms with van der Waals surface area (Å²) in [5.41, 5.74) is 6.74. The highest BCUT2D eigenvalue weighted by molar-refractivity contribution is 5.66. The molecule has 1 aliphatic carbocycles. The topological polar surface area (TPSA) is 84.4 Å². The van der Waals surface area contributed by atoms with E-state index in [1.54, 1.807) is 12.1 Å². The average molecular weight is 262 g/mol. The zero-order valence-electron chi connectivity index (χ0n) is 10.7. The molecule has 1 saturated carbocycles. The van der Waals surface area contributed by atoms with Gasteiger partial charge in [-0.1, -0.05) is 0 Å². The van der Waals surface area contributed by atoms with Crippen LogP contribution in [-0.2, 0) is 0 Å². The second-order valence-electron chi connectivity index (χ2n) is 5.39. The first kappa shape index (κ1) is 12.2. The fourth-order valence-electron chi connectivity index (χ4n) is 2.72. The molecule has 1 atom stereocenters. The molecule has 6 nitrogen and oxygen atoms in total. The number of hydrogen-bond acceptors (Lipinski definition) is 5. The van der Waals surface area contributed by atoms with Gasteiger partial charge in [0.1, 0.15) is 5.69 Å². The zero-order valence-corrected chi connectivity index (χ0v) is 10.7.